The maximum Gasteiger partial charge on any atom is 0.458 e. The summed E-state index contributed by atoms with van der Waals surface area (Å²) < 4.78 is 214. The Hall–Kier alpha value is -1.72. The SMILES string of the molecule is CCCC(C)C[PH2+]C.CCC[CH2][Al-]([CH2]CCC)([CH2]CCC)[CH2]CCC.Fc1c(F)c(F)c(-c2c(C(F)(F)F)c(F)c(F)c(F)c2C(F)(F)C(F)(F)F)c(F)c1F. The van der Waals surface area contributed by atoms with Crippen LogP contribution in [-0.4, -0.2) is 32.1 Å². The third-order valence-corrected chi connectivity index (χ3v) is 17.6. The summed E-state index contributed by atoms with van der Waals surface area (Å²) in [5, 5.41) is 6.62. The summed E-state index contributed by atoms with van der Waals surface area (Å²) in [6.07, 6.45) is 2.30. The van der Waals surface area contributed by atoms with Crippen molar-refractivity contribution in [3.8, 4) is 11.1 Å². The first-order valence-electron chi connectivity index (χ1n) is 19.1. The highest BCUT2D eigenvalue weighted by Crippen LogP contribution is 2.53. The molecule has 0 amide bonds. The highest BCUT2D eigenvalue weighted by molar-refractivity contribution is 7.36. The molecule has 0 heterocycles. The average molecular weight is 873 g/mol. The van der Waals surface area contributed by atoms with Crippen LogP contribution in [0.2, 0.25) is 21.1 Å². The van der Waals surface area contributed by atoms with Gasteiger partial charge < -0.3 is 0 Å². The quantitative estimate of drug-likeness (QED) is 0.0460. The average Bonchev–Trinajstić information content (AvgIpc) is 3.11. The van der Waals surface area contributed by atoms with Crippen molar-refractivity contribution in [1.29, 1.82) is 0 Å². The summed E-state index contributed by atoms with van der Waals surface area (Å²) >= 11 is -1.20. The summed E-state index contributed by atoms with van der Waals surface area (Å²) in [4.78, 5) is 0. The van der Waals surface area contributed by atoms with Crippen molar-refractivity contribution in [2.75, 3.05) is 12.8 Å². The lowest BCUT2D eigenvalue weighted by Crippen LogP contribution is -2.36. The molecule has 0 aliphatic carbocycles. The second-order valence-corrected chi connectivity index (χ2v) is 21.5. The minimum Gasteiger partial charge on any atom is -0.203 e. The molecular weight excluding hydrogens is 818 g/mol. The number of rotatable bonds is 18. The Kier molecular flexibility index (Phi) is 23.6. The predicted molar refractivity (Wildman–Crippen MR) is 196 cm³/mol. The van der Waals surface area contributed by atoms with Crippen LogP contribution in [0.5, 0.6) is 0 Å². The van der Waals surface area contributed by atoms with Crippen molar-refractivity contribution < 1.29 is 70.2 Å². The molecule has 0 aliphatic rings. The number of unbranched alkanes of at least 4 members (excludes halogenated alkanes) is 4. The Bertz CT molecular complexity index is 1420. The molecule has 2 aromatic rings. The number of alkyl halides is 8. The summed E-state index contributed by atoms with van der Waals surface area (Å²) in [5.74, 6) is -33.1. The Morgan fingerprint density at radius 1 is 0.482 bits per heavy atom. The van der Waals surface area contributed by atoms with E-state index in [4.69, 9.17) is 0 Å². The molecule has 0 spiro atoms. The van der Waals surface area contributed by atoms with Crippen molar-refractivity contribution in [1.82, 2.24) is 0 Å². The van der Waals surface area contributed by atoms with Gasteiger partial charge in [-0.3, -0.25) is 0 Å². The van der Waals surface area contributed by atoms with Gasteiger partial charge in [0.25, 0.3) is 0 Å². The number of halogens is 16. The van der Waals surface area contributed by atoms with E-state index in [0.717, 1.165) is 14.5 Å². The van der Waals surface area contributed by atoms with Crippen LogP contribution in [0.15, 0.2) is 0 Å². The van der Waals surface area contributed by atoms with Gasteiger partial charge in [-0.2, -0.15) is 56.3 Å². The standard InChI is InChI=1S/C15F16.C7H17P.4C4H9.Al/c16-5-2(6(17)10(21)12(23)9(5)20)1-3(13(24,25)15(29,30)31)7(18)11(22)8(19)4(1)14(26,27)28;1-4-5-7(2)6-8-3;4*1-3-4-2;/h;7-8H,4-6H2,1-3H3;4*1,3-4H2,2H3;/q;;;;;;-1/p+1. The van der Waals surface area contributed by atoms with Gasteiger partial charge in [-0.05, 0) is 20.9 Å². The van der Waals surface area contributed by atoms with Gasteiger partial charge in [0.2, 0.25) is 5.82 Å². The molecule has 0 nitrogen and oxygen atoms in total. The van der Waals surface area contributed by atoms with E-state index in [2.05, 4.69) is 48.2 Å². The first-order valence-corrected chi connectivity index (χ1v) is 24.3. The van der Waals surface area contributed by atoms with E-state index < -0.39 is 100 Å². The first kappa shape index (κ1) is 54.3. The summed E-state index contributed by atoms with van der Waals surface area (Å²) in [6, 6.07) is 0. The van der Waals surface area contributed by atoms with E-state index in [-0.39, 0.29) is 0 Å². The van der Waals surface area contributed by atoms with E-state index in [1.54, 1.807) is 21.1 Å². The fourth-order valence-corrected chi connectivity index (χ4v) is 14.7. The van der Waals surface area contributed by atoms with Crippen LogP contribution < -0.4 is 0 Å². The molecule has 0 saturated carbocycles. The number of hydrogen-bond acceptors (Lipinski definition) is 0. The zero-order valence-corrected chi connectivity index (χ0v) is 35.2. The lowest BCUT2D eigenvalue weighted by atomic mass is 9.88. The largest absolute Gasteiger partial charge is 0.458 e. The second-order valence-electron chi connectivity index (χ2n) is 14.4. The molecule has 0 radical (unpaired) electrons. The van der Waals surface area contributed by atoms with Gasteiger partial charge >= 0.3 is 18.3 Å². The third-order valence-electron chi connectivity index (χ3n) is 9.84. The molecule has 0 saturated heterocycles. The summed E-state index contributed by atoms with van der Waals surface area (Å²) in [7, 11) is 0.747. The van der Waals surface area contributed by atoms with E-state index in [1.165, 1.54) is 70.4 Å². The lowest BCUT2D eigenvalue weighted by molar-refractivity contribution is -0.290. The van der Waals surface area contributed by atoms with E-state index >= 15 is 0 Å². The van der Waals surface area contributed by atoms with E-state index in [9.17, 15) is 70.2 Å². The van der Waals surface area contributed by atoms with Gasteiger partial charge in [0, 0.05) is 12.2 Å². The molecule has 0 N–H and O–H groups in total. The minimum atomic E-state index is -7.10. The first-order chi connectivity index (χ1) is 25.8. The van der Waals surface area contributed by atoms with Crippen LogP contribution in [0.4, 0.5) is 70.2 Å². The Balaban J connectivity index is 0.00000101. The molecule has 2 rings (SSSR count). The molecule has 0 fully saturated rings. The highest BCUT2D eigenvalue weighted by atomic mass is 31.1. The van der Waals surface area contributed by atoms with E-state index in [1.807, 2.05) is 0 Å². The third kappa shape index (κ3) is 14.5. The van der Waals surface area contributed by atoms with Crippen LogP contribution in [0.1, 0.15) is 117 Å². The maximum absolute atomic E-state index is 13.9. The Labute approximate surface area is 324 Å². The highest BCUT2D eigenvalue weighted by Gasteiger charge is 2.63. The molecule has 0 aromatic heterocycles. The smallest absolute Gasteiger partial charge is 0.203 e. The fraction of sp³-hybridized carbons (Fsp3) is 0.684. The molecule has 18 heteroatoms. The zero-order valence-electron chi connectivity index (χ0n) is 32.9. The van der Waals surface area contributed by atoms with Crippen LogP contribution in [0.25, 0.3) is 11.1 Å². The van der Waals surface area contributed by atoms with Gasteiger partial charge in [-0.15, -0.1) is 0 Å². The monoisotopic (exact) mass is 872 g/mol. The van der Waals surface area contributed by atoms with Crippen molar-refractivity contribution in [3.05, 3.63) is 57.7 Å². The topological polar surface area (TPSA) is 0 Å². The van der Waals surface area contributed by atoms with Crippen molar-refractivity contribution >= 4 is 21.7 Å². The normalized spacial score (nSPS) is 13.1. The van der Waals surface area contributed by atoms with Crippen LogP contribution in [0, 0.1) is 52.5 Å². The molecular formula is C38H54AlF16P. The van der Waals surface area contributed by atoms with Gasteiger partial charge in [-0.25, -0.2) is 35.1 Å². The summed E-state index contributed by atoms with van der Waals surface area (Å²) in [5.41, 5.74) is -14.2. The van der Waals surface area contributed by atoms with Crippen molar-refractivity contribution in [2.45, 2.75) is 145 Å². The van der Waals surface area contributed by atoms with Crippen LogP contribution >= 0.6 is 8.58 Å². The van der Waals surface area contributed by atoms with Crippen molar-refractivity contribution in [3.63, 3.8) is 0 Å². The van der Waals surface area contributed by atoms with Gasteiger partial charge in [-0.1, -0.05) is 99.3 Å². The number of benzene rings is 2. The molecule has 0 aliphatic heterocycles. The second kappa shape index (κ2) is 24.4. The minimum absolute atomic E-state index is 0.747. The Morgan fingerprint density at radius 3 is 1.12 bits per heavy atom. The van der Waals surface area contributed by atoms with Gasteiger partial charge in [0.05, 0.1) is 17.3 Å². The fourth-order valence-electron chi connectivity index (χ4n) is 6.87. The molecule has 0 bridgehead atoms. The van der Waals surface area contributed by atoms with Gasteiger partial charge in [0.1, 0.15) is 18.6 Å². The van der Waals surface area contributed by atoms with Crippen LogP contribution in [-0.2, 0) is 12.1 Å². The molecule has 2 atom stereocenters. The molecule has 2 unspecified atom stereocenters. The summed E-state index contributed by atoms with van der Waals surface area (Å²) in [6.45, 7) is 16.4. The Morgan fingerprint density at radius 2 is 0.821 bits per heavy atom. The number of hydrogen-bond donors (Lipinski definition) is 0. The van der Waals surface area contributed by atoms with Gasteiger partial charge in [0.15, 0.2) is 40.7 Å². The predicted octanol–water partition coefficient (Wildman–Crippen LogP) is 16.2. The maximum atomic E-state index is 13.9. The molecule has 56 heavy (non-hydrogen) atoms. The molecule has 2 aromatic carbocycles. The van der Waals surface area contributed by atoms with Crippen molar-refractivity contribution in [2.24, 2.45) is 5.92 Å². The lowest BCUT2D eigenvalue weighted by Gasteiger charge is -2.36. The van der Waals surface area contributed by atoms with Crippen LogP contribution in [0.3, 0.4) is 0 Å². The zero-order chi connectivity index (χ0) is 43.8. The van der Waals surface area contributed by atoms with E-state index in [0.29, 0.717) is 0 Å². The molecule has 326 valence electrons.